The van der Waals surface area contributed by atoms with E-state index in [0.29, 0.717) is 12.1 Å². The predicted molar refractivity (Wildman–Crippen MR) is 91.9 cm³/mol. The highest BCUT2D eigenvalue weighted by atomic mass is 32.2. The largest absolute Gasteiger partial charge is 0.343 e. The van der Waals surface area contributed by atoms with Gasteiger partial charge in [-0.05, 0) is 49.9 Å². The number of sulfonamides is 1. The molecule has 2 fully saturated rings. The van der Waals surface area contributed by atoms with E-state index >= 15 is 0 Å². The first kappa shape index (κ1) is 18.3. The molecule has 2 unspecified atom stereocenters. The second kappa shape index (κ2) is 7.39. The Bertz CT molecular complexity index is 711. The molecule has 2 saturated heterocycles. The van der Waals surface area contributed by atoms with E-state index in [1.807, 2.05) is 0 Å². The van der Waals surface area contributed by atoms with Crippen LogP contribution in [0.3, 0.4) is 0 Å². The number of piperidine rings is 1. The Morgan fingerprint density at radius 1 is 1.24 bits per heavy atom. The van der Waals surface area contributed by atoms with Crippen LogP contribution in [0.1, 0.15) is 32.1 Å². The topological polar surface area (TPSA) is 78.5 Å². The van der Waals surface area contributed by atoms with Crippen LogP contribution in [-0.4, -0.2) is 50.9 Å². The highest BCUT2D eigenvalue weighted by molar-refractivity contribution is 7.89. The summed E-state index contributed by atoms with van der Waals surface area (Å²) in [6.07, 6.45) is 4.36. The third-order valence-corrected chi connectivity index (χ3v) is 6.62. The number of nitrogens with one attached hydrogen (secondary N) is 2. The zero-order chi connectivity index (χ0) is 18.0. The van der Waals surface area contributed by atoms with Gasteiger partial charge < -0.3 is 10.2 Å². The number of carbonyl (C=O) groups is 1. The van der Waals surface area contributed by atoms with Gasteiger partial charge in [-0.2, -0.15) is 0 Å². The van der Waals surface area contributed by atoms with Gasteiger partial charge in [-0.15, -0.1) is 0 Å². The Morgan fingerprint density at radius 2 is 1.84 bits per heavy atom. The van der Waals surface area contributed by atoms with E-state index in [-0.39, 0.29) is 29.8 Å². The molecule has 0 aromatic heterocycles. The minimum Gasteiger partial charge on any atom is -0.343 e. The van der Waals surface area contributed by atoms with E-state index < -0.39 is 15.8 Å². The fourth-order valence-electron chi connectivity index (χ4n) is 3.71. The lowest BCUT2D eigenvalue weighted by atomic mass is 9.98. The molecule has 2 aliphatic heterocycles. The monoisotopic (exact) mass is 369 g/mol. The van der Waals surface area contributed by atoms with E-state index in [2.05, 4.69) is 10.0 Å². The van der Waals surface area contributed by atoms with Crippen LogP contribution in [-0.2, 0) is 14.8 Å². The van der Waals surface area contributed by atoms with Crippen LogP contribution < -0.4 is 10.0 Å². The smallest absolute Gasteiger partial charge is 0.240 e. The van der Waals surface area contributed by atoms with Crippen molar-refractivity contribution in [3.63, 3.8) is 0 Å². The van der Waals surface area contributed by atoms with Gasteiger partial charge in [0.05, 0.1) is 4.90 Å². The molecule has 2 atom stereocenters. The number of nitrogens with zero attached hydrogens (tertiary/aromatic N) is 1. The molecule has 25 heavy (non-hydrogen) atoms. The van der Waals surface area contributed by atoms with Gasteiger partial charge in [-0.25, -0.2) is 17.5 Å². The molecule has 0 radical (unpaired) electrons. The average molecular weight is 369 g/mol. The Hall–Kier alpha value is -1.51. The molecule has 1 aromatic carbocycles. The van der Waals surface area contributed by atoms with Gasteiger partial charge in [0, 0.05) is 38.1 Å². The van der Waals surface area contributed by atoms with Crippen molar-refractivity contribution in [3.05, 3.63) is 30.1 Å². The van der Waals surface area contributed by atoms with Crippen molar-refractivity contribution in [2.75, 3.05) is 13.6 Å². The van der Waals surface area contributed by atoms with Gasteiger partial charge >= 0.3 is 0 Å². The van der Waals surface area contributed by atoms with Crippen molar-refractivity contribution in [1.82, 2.24) is 14.9 Å². The zero-order valence-corrected chi connectivity index (χ0v) is 15.1. The van der Waals surface area contributed by atoms with E-state index in [0.717, 1.165) is 25.0 Å². The highest BCUT2D eigenvalue weighted by Crippen LogP contribution is 2.29. The first-order valence-corrected chi connectivity index (χ1v) is 10.1. The number of amides is 1. The summed E-state index contributed by atoms with van der Waals surface area (Å²) in [6, 6.07) is 5.82. The lowest BCUT2D eigenvalue weighted by molar-refractivity contribution is -0.132. The summed E-state index contributed by atoms with van der Waals surface area (Å²) in [5, 5.41) is 3.54. The second-order valence-electron chi connectivity index (χ2n) is 6.87. The molecule has 2 bridgehead atoms. The van der Waals surface area contributed by atoms with Crippen molar-refractivity contribution >= 4 is 15.9 Å². The van der Waals surface area contributed by atoms with Crippen LogP contribution in [0.5, 0.6) is 0 Å². The number of fused-ring (bicyclic) bond motifs is 2. The number of rotatable bonds is 6. The summed E-state index contributed by atoms with van der Waals surface area (Å²) in [5.74, 6) is -0.556. The minimum absolute atomic E-state index is 0.00960. The number of benzene rings is 1. The third kappa shape index (κ3) is 4.37. The van der Waals surface area contributed by atoms with E-state index in [1.165, 1.54) is 25.0 Å². The Labute approximate surface area is 147 Å². The molecule has 138 valence electrons. The van der Waals surface area contributed by atoms with Gasteiger partial charge in [-0.1, -0.05) is 0 Å². The maximum atomic E-state index is 12.9. The molecule has 2 N–H and O–H groups in total. The second-order valence-corrected chi connectivity index (χ2v) is 8.64. The van der Waals surface area contributed by atoms with Crippen molar-refractivity contribution in [3.8, 4) is 0 Å². The number of hydrogen-bond donors (Lipinski definition) is 2. The van der Waals surface area contributed by atoms with Crippen LogP contribution >= 0.6 is 0 Å². The summed E-state index contributed by atoms with van der Waals surface area (Å²) in [4.78, 5) is 14.1. The zero-order valence-electron chi connectivity index (χ0n) is 14.2. The van der Waals surface area contributed by atoms with Gasteiger partial charge in [0.15, 0.2) is 0 Å². The predicted octanol–water partition coefficient (Wildman–Crippen LogP) is 1.24. The van der Waals surface area contributed by atoms with E-state index in [1.54, 1.807) is 11.9 Å². The highest BCUT2D eigenvalue weighted by Gasteiger charge is 2.36. The first-order chi connectivity index (χ1) is 11.8. The lowest BCUT2D eigenvalue weighted by Gasteiger charge is -2.35. The van der Waals surface area contributed by atoms with Crippen molar-refractivity contribution in [2.45, 2.75) is 55.1 Å². The molecule has 3 rings (SSSR count). The maximum absolute atomic E-state index is 12.9. The van der Waals surface area contributed by atoms with Crippen LogP contribution in [0.2, 0.25) is 0 Å². The van der Waals surface area contributed by atoms with E-state index in [4.69, 9.17) is 0 Å². The molecular formula is C17H24FN3O3S. The number of halogens is 1. The summed E-state index contributed by atoms with van der Waals surface area (Å²) in [5.41, 5.74) is 0. The van der Waals surface area contributed by atoms with Crippen molar-refractivity contribution in [1.29, 1.82) is 0 Å². The van der Waals surface area contributed by atoms with Gasteiger partial charge in [-0.3, -0.25) is 4.79 Å². The van der Waals surface area contributed by atoms with Crippen LogP contribution in [0.4, 0.5) is 4.39 Å². The Kier molecular flexibility index (Phi) is 5.41. The van der Waals surface area contributed by atoms with Crippen LogP contribution in [0.25, 0.3) is 0 Å². The summed E-state index contributed by atoms with van der Waals surface area (Å²) in [6.45, 7) is 0.0285. The SMILES string of the molecule is CN(C(=O)CCNS(=O)(=O)c1ccc(F)cc1)C1CC2CCC(C1)N2. The van der Waals surface area contributed by atoms with Crippen LogP contribution in [0, 0.1) is 5.82 Å². The molecule has 0 aliphatic carbocycles. The summed E-state index contributed by atoms with van der Waals surface area (Å²) in [7, 11) is -1.93. The molecule has 1 aromatic rings. The number of hydrogen-bond acceptors (Lipinski definition) is 4. The van der Waals surface area contributed by atoms with Gasteiger partial charge in [0.25, 0.3) is 0 Å². The molecule has 0 saturated carbocycles. The van der Waals surface area contributed by atoms with Crippen LogP contribution in [0.15, 0.2) is 29.2 Å². The summed E-state index contributed by atoms with van der Waals surface area (Å²) >= 11 is 0. The molecule has 1 amide bonds. The Balaban J connectivity index is 1.49. The normalized spacial score (nSPS) is 25.8. The quantitative estimate of drug-likeness (QED) is 0.791. The lowest BCUT2D eigenvalue weighted by Crippen LogP contribution is -2.49. The average Bonchev–Trinajstić information content (AvgIpc) is 2.92. The van der Waals surface area contributed by atoms with Crippen molar-refractivity contribution in [2.24, 2.45) is 0 Å². The molecule has 2 heterocycles. The molecule has 8 heteroatoms. The first-order valence-electron chi connectivity index (χ1n) is 8.62. The van der Waals surface area contributed by atoms with E-state index in [9.17, 15) is 17.6 Å². The maximum Gasteiger partial charge on any atom is 0.240 e. The summed E-state index contributed by atoms with van der Waals surface area (Å²) < 4.78 is 39.5. The Morgan fingerprint density at radius 3 is 2.44 bits per heavy atom. The molecule has 2 aliphatic rings. The minimum atomic E-state index is -3.73. The fourth-order valence-corrected chi connectivity index (χ4v) is 4.74. The molecular weight excluding hydrogens is 345 g/mol. The van der Waals surface area contributed by atoms with Crippen molar-refractivity contribution < 1.29 is 17.6 Å². The number of carbonyl (C=O) groups excluding carboxylic acids is 1. The molecule has 0 spiro atoms. The molecule has 6 nitrogen and oxygen atoms in total. The van der Waals surface area contributed by atoms with Gasteiger partial charge in [0.1, 0.15) is 5.82 Å². The third-order valence-electron chi connectivity index (χ3n) is 5.14. The fraction of sp³-hybridized carbons (Fsp3) is 0.588. The van der Waals surface area contributed by atoms with Gasteiger partial charge in [0.2, 0.25) is 15.9 Å². The standard InChI is InChI=1S/C17H24FN3O3S/c1-21(15-10-13-4-5-14(11-15)20-13)17(22)8-9-19-25(23,24)16-6-2-12(18)3-7-16/h2-3,6-7,13-15,19-20H,4-5,8-11H2,1H3.